The highest BCUT2D eigenvalue weighted by Gasteiger charge is 2.31. The summed E-state index contributed by atoms with van der Waals surface area (Å²) in [5.41, 5.74) is 2.88. The zero-order valence-electron chi connectivity index (χ0n) is 16.2. The molecule has 2 aromatic carbocycles. The van der Waals surface area contributed by atoms with Crippen molar-refractivity contribution in [3.63, 3.8) is 0 Å². The highest BCUT2D eigenvalue weighted by Crippen LogP contribution is 2.40. The smallest absolute Gasteiger partial charge is 0.252 e. The minimum absolute atomic E-state index is 0.0447. The molecule has 1 aromatic heterocycles. The van der Waals surface area contributed by atoms with E-state index in [0.717, 1.165) is 39.2 Å². The molecule has 6 nitrogen and oxygen atoms in total. The molecule has 0 saturated carbocycles. The summed E-state index contributed by atoms with van der Waals surface area (Å²) >= 11 is 1.64. The summed E-state index contributed by atoms with van der Waals surface area (Å²) in [6, 6.07) is 12.1. The highest BCUT2D eigenvalue weighted by molar-refractivity contribution is 7.21. The summed E-state index contributed by atoms with van der Waals surface area (Å²) in [6.45, 7) is 2.10. The first-order valence-corrected chi connectivity index (χ1v) is 10.6. The van der Waals surface area contributed by atoms with E-state index in [1.54, 1.807) is 18.4 Å². The van der Waals surface area contributed by atoms with Crippen LogP contribution in [-0.2, 0) is 16.1 Å². The Hall–Kier alpha value is -2.64. The Morgan fingerprint density at radius 1 is 1.28 bits per heavy atom. The van der Waals surface area contributed by atoms with Crippen molar-refractivity contribution in [1.82, 2.24) is 9.88 Å². The second kappa shape index (κ2) is 7.65. The van der Waals surface area contributed by atoms with Gasteiger partial charge in [-0.3, -0.25) is 4.79 Å². The normalized spacial score (nSPS) is 18.9. The van der Waals surface area contributed by atoms with Crippen molar-refractivity contribution >= 4 is 27.5 Å². The van der Waals surface area contributed by atoms with E-state index in [2.05, 4.69) is 12.1 Å². The predicted molar refractivity (Wildman–Crippen MR) is 111 cm³/mol. The van der Waals surface area contributed by atoms with Crippen molar-refractivity contribution in [3.05, 3.63) is 42.0 Å². The summed E-state index contributed by atoms with van der Waals surface area (Å²) in [6.07, 6.45) is 1.40. The molecule has 1 fully saturated rings. The fraction of sp³-hybridized carbons (Fsp3) is 0.364. The molecule has 1 amide bonds. The van der Waals surface area contributed by atoms with Gasteiger partial charge in [-0.2, -0.15) is 0 Å². The average molecular weight is 410 g/mol. The van der Waals surface area contributed by atoms with E-state index in [1.807, 2.05) is 29.2 Å². The Morgan fingerprint density at radius 2 is 2.17 bits per heavy atom. The summed E-state index contributed by atoms with van der Waals surface area (Å²) in [4.78, 5) is 19.5. The molecule has 0 N–H and O–H groups in total. The van der Waals surface area contributed by atoms with Crippen LogP contribution in [0.2, 0.25) is 0 Å². The lowest BCUT2D eigenvalue weighted by Crippen LogP contribution is -2.39. The van der Waals surface area contributed by atoms with Gasteiger partial charge < -0.3 is 19.1 Å². The molecule has 150 valence electrons. The number of thiazole rings is 1. The predicted octanol–water partition coefficient (Wildman–Crippen LogP) is 3.87. The summed E-state index contributed by atoms with van der Waals surface area (Å²) in [7, 11) is 1.64. The second-order valence-electron chi connectivity index (χ2n) is 7.26. The lowest BCUT2D eigenvalue weighted by molar-refractivity contribution is -0.141. The third-order valence-electron chi connectivity index (χ3n) is 5.38. The number of para-hydroxylation sites is 1. The molecular formula is C22H22N2O4S. The van der Waals surface area contributed by atoms with Gasteiger partial charge in [0.05, 0.1) is 23.9 Å². The number of amides is 1. The van der Waals surface area contributed by atoms with Crippen LogP contribution in [0, 0.1) is 0 Å². The van der Waals surface area contributed by atoms with Crippen LogP contribution < -0.4 is 9.47 Å². The third kappa shape index (κ3) is 3.45. The number of benzene rings is 2. The standard InChI is InChI=1S/C22H22N2O4S/c1-26-18-12-14(21-23-16-5-2-3-7-19(16)29-21)11-15-13-24(8-10-28-20(15)18)22(25)17-6-4-9-27-17/h2-3,5,7,11-12,17H,4,6,8-10,13H2,1H3. The van der Waals surface area contributed by atoms with Crippen LogP contribution in [0.5, 0.6) is 11.5 Å². The second-order valence-corrected chi connectivity index (χ2v) is 8.29. The van der Waals surface area contributed by atoms with Gasteiger partial charge in [-0.15, -0.1) is 11.3 Å². The molecule has 2 aliphatic rings. The number of hydrogen-bond donors (Lipinski definition) is 0. The fourth-order valence-electron chi connectivity index (χ4n) is 3.92. The highest BCUT2D eigenvalue weighted by atomic mass is 32.1. The number of fused-ring (bicyclic) bond motifs is 2. The monoisotopic (exact) mass is 410 g/mol. The van der Waals surface area contributed by atoms with Gasteiger partial charge in [-0.1, -0.05) is 12.1 Å². The molecule has 1 unspecified atom stereocenters. The molecule has 29 heavy (non-hydrogen) atoms. The maximum Gasteiger partial charge on any atom is 0.252 e. The first-order chi connectivity index (χ1) is 14.2. The molecule has 3 heterocycles. The van der Waals surface area contributed by atoms with Gasteiger partial charge in [0.15, 0.2) is 11.5 Å². The third-order valence-corrected chi connectivity index (χ3v) is 6.46. The number of carbonyl (C=O) groups excluding carboxylic acids is 1. The Balaban J connectivity index is 1.52. The van der Waals surface area contributed by atoms with Crippen LogP contribution in [0.3, 0.4) is 0 Å². The Labute approximate surface area is 173 Å². The molecule has 3 aromatic rings. The van der Waals surface area contributed by atoms with Gasteiger partial charge >= 0.3 is 0 Å². The van der Waals surface area contributed by atoms with Gasteiger partial charge in [0.1, 0.15) is 17.7 Å². The molecule has 1 atom stereocenters. The van der Waals surface area contributed by atoms with E-state index < -0.39 is 0 Å². The summed E-state index contributed by atoms with van der Waals surface area (Å²) in [5, 5.41) is 0.925. The van der Waals surface area contributed by atoms with E-state index in [4.69, 9.17) is 19.2 Å². The minimum atomic E-state index is -0.328. The topological polar surface area (TPSA) is 60.9 Å². The van der Waals surface area contributed by atoms with Crippen molar-refractivity contribution in [3.8, 4) is 22.1 Å². The Bertz CT molecular complexity index is 1030. The van der Waals surface area contributed by atoms with Crippen LogP contribution in [-0.4, -0.2) is 48.8 Å². The first-order valence-electron chi connectivity index (χ1n) is 9.83. The van der Waals surface area contributed by atoms with Crippen molar-refractivity contribution in [2.24, 2.45) is 0 Å². The van der Waals surface area contributed by atoms with Gasteiger partial charge in [-0.25, -0.2) is 4.98 Å². The zero-order valence-corrected chi connectivity index (χ0v) is 17.0. The molecule has 0 radical (unpaired) electrons. The van der Waals surface area contributed by atoms with Crippen molar-refractivity contribution in [2.45, 2.75) is 25.5 Å². The quantitative estimate of drug-likeness (QED) is 0.656. The van der Waals surface area contributed by atoms with Crippen molar-refractivity contribution in [2.75, 3.05) is 26.9 Å². The van der Waals surface area contributed by atoms with Crippen molar-refractivity contribution in [1.29, 1.82) is 0 Å². The maximum absolute atomic E-state index is 12.9. The van der Waals surface area contributed by atoms with Crippen LogP contribution in [0.4, 0.5) is 0 Å². The lowest BCUT2D eigenvalue weighted by atomic mass is 10.1. The van der Waals surface area contributed by atoms with Crippen molar-refractivity contribution < 1.29 is 19.0 Å². The van der Waals surface area contributed by atoms with Gasteiger partial charge in [-0.05, 0) is 37.1 Å². The maximum atomic E-state index is 12.9. The van der Waals surface area contributed by atoms with E-state index in [1.165, 1.54) is 0 Å². The molecule has 0 aliphatic carbocycles. The molecule has 1 saturated heterocycles. The van der Waals surface area contributed by atoms with Crippen LogP contribution in [0.1, 0.15) is 18.4 Å². The summed E-state index contributed by atoms with van der Waals surface area (Å²) < 4.78 is 18.4. The number of aromatic nitrogens is 1. The largest absolute Gasteiger partial charge is 0.493 e. The zero-order chi connectivity index (χ0) is 19.8. The molecular weight excluding hydrogens is 388 g/mol. The average Bonchev–Trinajstić information content (AvgIpc) is 3.38. The number of nitrogens with zero attached hydrogens (tertiary/aromatic N) is 2. The number of methoxy groups -OCH3 is 1. The molecule has 0 spiro atoms. The number of ether oxygens (including phenoxy) is 3. The minimum Gasteiger partial charge on any atom is -0.493 e. The number of rotatable bonds is 3. The SMILES string of the molecule is COc1cc(-c2nc3ccccc3s2)cc2c1OCCN(C(=O)C1CCCO1)C2. The number of carbonyl (C=O) groups is 1. The van der Waals surface area contributed by atoms with Gasteiger partial charge in [0.25, 0.3) is 5.91 Å². The van der Waals surface area contributed by atoms with Gasteiger partial charge in [0.2, 0.25) is 0 Å². The molecule has 5 rings (SSSR count). The van der Waals surface area contributed by atoms with E-state index >= 15 is 0 Å². The van der Waals surface area contributed by atoms with Crippen LogP contribution in [0.15, 0.2) is 36.4 Å². The summed E-state index contributed by atoms with van der Waals surface area (Å²) in [5.74, 6) is 1.42. The van der Waals surface area contributed by atoms with E-state index in [0.29, 0.717) is 37.8 Å². The molecule has 7 heteroatoms. The number of hydrogen-bond acceptors (Lipinski definition) is 6. The Morgan fingerprint density at radius 3 is 2.97 bits per heavy atom. The van der Waals surface area contributed by atoms with Gasteiger partial charge in [0, 0.05) is 24.3 Å². The van der Waals surface area contributed by atoms with E-state index in [9.17, 15) is 4.79 Å². The van der Waals surface area contributed by atoms with E-state index in [-0.39, 0.29) is 12.0 Å². The lowest BCUT2D eigenvalue weighted by Gasteiger charge is -2.23. The van der Waals surface area contributed by atoms with Crippen LogP contribution in [0.25, 0.3) is 20.8 Å². The molecule has 2 aliphatic heterocycles. The first kappa shape index (κ1) is 18.4. The van der Waals surface area contributed by atoms with Crippen LogP contribution >= 0.6 is 11.3 Å². The fourth-order valence-corrected chi connectivity index (χ4v) is 4.87. The molecule has 0 bridgehead atoms. The Kier molecular flexibility index (Phi) is 4.85.